The van der Waals surface area contributed by atoms with Crippen LogP contribution in [0.5, 0.6) is 0 Å². The predicted octanol–water partition coefficient (Wildman–Crippen LogP) is 2.42. The fraction of sp³-hybridized carbons (Fsp3) is 0.167. The van der Waals surface area contributed by atoms with E-state index in [4.69, 9.17) is 5.73 Å². The number of hydrogen-bond donors (Lipinski definition) is 1. The van der Waals surface area contributed by atoms with E-state index in [1.54, 1.807) is 0 Å². The minimum absolute atomic E-state index is 0. The van der Waals surface area contributed by atoms with Gasteiger partial charge in [-0.05, 0) is 17.7 Å². The lowest BCUT2D eigenvalue weighted by Gasteiger charge is -2.07. The molecule has 1 aromatic carbocycles. The second kappa shape index (κ2) is 5.59. The van der Waals surface area contributed by atoms with E-state index in [1.807, 2.05) is 12.1 Å². The van der Waals surface area contributed by atoms with Crippen LogP contribution in [0.1, 0.15) is 11.3 Å². The Morgan fingerprint density at radius 2 is 1.73 bits per heavy atom. The normalized spacial score (nSPS) is 9.67. The molecule has 0 aliphatic carbocycles. The van der Waals surface area contributed by atoms with Crippen LogP contribution in [0, 0.1) is 0 Å². The summed E-state index contributed by atoms with van der Waals surface area (Å²) in [7, 11) is 0. The van der Waals surface area contributed by atoms with Crippen LogP contribution in [-0.4, -0.2) is 4.57 Å². The standard InChI is InChI=1S/C12H14N2.ClH/c13-9-12-7-4-8-14(12)10-11-5-2-1-3-6-11;/h1-8H,9-10,13H2;1H. The number of nitrogens with two attached hydrogens (primary N) is 1. The molecule has 2 aromatic rings. The molecule has 2 N–H and O–H groups in total. The van der Waals surface area contributed by atoms with Gasteiger partial charge in [0.25, 0.3) is 0 Å². The van der Waals surface area contributed by atoms with Gasteiger partial charge in [-0.15, -0.1) is 12.4 Å². The average molecular weight is 223 g/mol. The van der Waals surface area contributed by atoms with Gasteiger partial charge >= 0.3 is 0 Å². The zero-order chi connectivity index (χ0) is 9.80. The van der Waals surface area contributed by atoms with Crippen molar-refractivity contribution in [3.05, 3.63) is 59.9 Å². The van der Waals surface area contributed by atoms with Gasteiger partial charge < -0.3 is 10.3 Å². The van der Waals surface area contributed by atoms with Crippen LogP contribution in [0.15, 0.2) is 48.7 Å². The molecular formula is C12H15ClN2. The summed E-state index contributed by atoms with van der Waals surface area (Å²) >= 11 is 0. The summed E-state index contributed by atoms with van der Waals surface area (Å²) in [6.45, 7) is 1.50. The van der Waals surface area contributed by atoms with Crippen LogP contribution < -0.4 is 5.73 Å². The molecule has 0 radical (unpaired) electrons. The van der Waals surface area contributed by atoms with E-state index in [0.717, 1.165) is 6.54 Å². The van der Waals surface area contributed by atoms with Gasteiger partial charge in [-0.2, -0.15) is 0 Å². The quantitative estimate of drug-likeness (QED) is 0.850. The molecule has 80 valence electrons. The first kappa shape index (κ1) is 11.8. The summed E-state index contributed by atoms with van der Waals surface area (Å²) < 4.78 is 2.18. The van der Waals surface area contributed by atoms with E-state index in [-0.39, 0.29) is 12.4 Å². The van der Waals surface area contributed by atoms with Gasteiger partial charge in [0.1, 0.15) is 0 Å². The van der Waals surface area contributed by atoms with Gasteiger partial charge in [0.05, 0.1) is 0 Å². The zero-order valence-corrected chi connectivity index (χ0v) is 9.28. The molecule has 0 saturated heterocycles. The van der Waals surface area contributed by atoms with Gasteiger partial charge in [0.2, 0.25) is 0 Å². The number of hydrogen-bond acceptors (Lipinski definition) is 1. The summed E-state index contributed by atoms with van der Waals surface area (Å²) in [5.74, 6) is 0. The first-order valence-electron chi connectivity index (χ1n) is 4.78. The van der Waals surface area contributed by atoms with Gasteiger partial charge in [0, 0.05) is 25.0 Å². The van der Waals surface area contributed by atoms with Crippen molar-refractivity contribution in [1.29, 1.82) is 0 Å². The molecule has 2 rings (SSSR count). The van der Waals surface area contributed by atoms with Gasteiger partial charge in [-0.25, -0.2) is 0 Å². The van der Waals surface area contributed by atoms with Crippen LogP contribution in [0.2, 0.25) is 0 Å². The Balaban J connectivity index is 0.00000112. The second-order valence-electron chi connectivity index (χ2n) is 3.32. The Morgan fingerprint density at radius 3 is 2.40 bits per heavy atom. The highest BCUT2D eigenvalue weighted by Crippen LogP contribution is 2.06. The molecule has 0 aliphatic rings. The molecule has 1 aromatic heterocycles. The van der Waals surface area contributed by atoms with E-state index in [9.17, 15) is 0 Å². The SMILES string of the molecule is Cl.NCc1cccn1Cc1ccccc1. The van der Waals surface area contributed by atoms with E-state index in [0.29, 0.717) is 6.54 Å². The van der Waals surface area contributed by atoms with E-state index >= 15 is 0 Å². The Labute approximate surface area is 96.1 Å². The highest BCUT2D eigenvalue weighted by molar-refractivity contribution is 5.85. The predicted molar refractivity (Wildman–Crippen MR) is 65.1 cm³/mol. The molecule has 15 heavy (non-hydrogen) atoms. The van der Waals surface area contributed by atoms with Crippen molar-refractivity contribution >= 4 is 12.4 Å². The summed E-state index contributed by atoms with van der Waals surface area (Å²) in [5.41, 5.74) is 8.11. The number of aromatic nitrogens is 1. The maximum Gasteiger partial charge on any atom is 0.0473 e. The lowest BCUT2D eigenvalue weighted by Crippen LogP contribution is -2.07. The molecule has 0 atom stereocenters. The molecule has 1 heterocycles. The van der Waals surface area contributed by atoms with Crippen LogP contribution in [0.25, 0.3) is 0 Å². The summed E-state index contributed by atoms with van der Waals surface area (Å²) in [5, 5.41) is 0. The van der Waals surface area contributed by atoms with E-state index in [2.05, 4.69) is 41.1 Å². The lowest BCUT2D eigenvalue weighted by atomic mass is 10.2. The molecule has 0 aliphatic heterocycles. The average Bonchev–Trinajstić information content (AvgIpc) is 2.67. The number of benzene rings is 1. The molecule has 0 bridgehead atoms. The van der Waals surface area contributed by atoms with Crippen molar-refractivity contribution in [3.8, 4) is 0 Å². The van der Waals surface area contributed by atoms with Crippen molar-refractivity contribution < 1.29 is 0 Å². The molecule has 3 heteroatoms. The third-order valence-electron chi connectivity index (χ3n) is 2.33. The van der Waals surface area contributed by atoms with Gasteiger partial charge in [0.15, 0.2) is 0 Å². The number of halogens is 1. The first-order valence-corrected chi connectivity index (χ1v) is 4.78. The van der Waals surface area contributed by atoms with Crippen molar-refractivity contribution in [2.45, 2.75) is 13.1 Å². The molecule has 0 saturated carbocycles. The summed E-state index contributed by atoms with van der Waals surface area (Å²) in [4.78, 5) is 0. The smallest absolute Gasteiger partial charge is 0.0473 e. The summed E-state index contributed by atoms with van der Waals surface area (Å²) in [6.07, 6.45) is 2.06. The van der Waals surface area contributed by atoms with Crippen LogP contribution in [-0.2, 0) is 13.1 Å². The number of rotatable bonds is 3. The maximum atomic E-state index is 5.63. The number of nitrogens with zero attached hydrogens (tertiary/aromatic N) is 1. The summed E-state index contributed by atoms with van der Waals surface area (Å²) in [6, 6.07) is 14.5. The topological polar surface area (TPSA) is 30.9 Å². The van der Waals surface area contributed by atoms with Crippen LogP contribution in [0.3, 0.4) is 0 Å². The molecule has 0 fully saturated rings. The molecule has 0 spiro atoms. The third-order valence-corrected chi connectivity index (χ3v) is 2.33. The highest BCUT2D eigenvalue weighted by Gasteiger charge is 1.98. The van der Waals surface area contributed by atoms with Gasteiger partial charge in [-0.3, -0.25) is 0 Å². The van der Waals surface area contributed by atoms with E-state index in [1.165, 1.54) is 11.3 Å². The highest BCUT2D eigenvalue weighted by atomic mass is 35.5. The zero-order valence-electron chi connectivity index (χ0n) is 8.47. The third kappa shape index (κ3) is 2.85. The Kier molecular flexibility index (Phi) is 4.40. The molecule has 0 unspecified atom stereocenters. The second-order valence-corrected chi connectivity index (χ2v) is 3.32. The Morgan fingerprint density at radius 1 is 1.00 bits per heavy atom. The monoisotopic (exact) mass is 222 g/mol. The molecule has 0 amide bonds. The lowest BCUT2D eigenvalue weighted by molar-refractivity contribution is 0.744. The van der Waals surface area contributed by atoms with Crippen molar-refractivity contribution in [2.75, 3.05) is 0 Å². The van der Waals surface area contributed by atoms with Crippen LogP contribution >= 0.6 is 12.4 Å². The van der Waals surface area contributed by atoms with Crippen molar-refractivity contribution in [3.63, 3.8) is 0 Å². The maximum absolute atomic E-state index is 5.63. The molecule has 2 nitrogen and oxygen atoms in total. The minimum atomic E-state index is 0. The molecular weight excluding hydrogens is 208 g/mol. The fourth-order valence-corrected chi connectivity index (χ4v) is 1.57. The van der Waals surface area contributed by atoms with Gasteiger partial charge in [-0.1, -0.05) is 30.3 Å². The van der Waals surface area contributed by atoms with Crippen molar-refractivity contribution in [1.82, 2.24) is 4.57 Å². The first-order chi connectivity index (χ1) is 6.90. The fourth-order valence-electron chi connectivity index (χ4n) is 1.57. The van der Waals surface area contributed by atoms with Crippen LogP contribution in [0.4, 0.5) is 0 Å². The minimum Gasteiger partial charge on any atom is -0.346 e. The Bertz CT molecular complexity index is 395. The van der Waals surface area contributed by atoms with E-state index < -0.39 is 0 Å². The largest absolute Gasteiger partial charge is 0.346 e. The van der Waals surface area contributed by atoms with Crippen molar-refractivity contribution in [2.24, 2.45) is 5.73 Å². The Hall–Kier alpha value is -1.25.